The highest BCUT2D eigenvalue weighted by Gasteiger charge is 2.23. The summed E-state index contributed by atoms with van der Waals surface area (Å²) in [6, 6.07) is 5.79. The third kappa shape index (κ3) is 3.40. The molecule has 3 nitrogen and oxygen atoms in total. The SMILES string of the molecule is Cc1ccc(C#CCN)cc1C(=O)N1CCCC(C)C1. The van der Waals surface area contributed by atoms with Crippen molar-refractivity contribution >= 4 is 5.91 Å². The van der Waals surface area contributed by atoms with E-state index in [9.17, 15) is 4.79 Å². The summed E-state index contributed by atoms with van der Waals surface area (Å²) in [5.41, 5.74) is 8.02. The van der Waals surface area contributed by atoms with Gasteiger partial charge in [-0.15, -0.1) is 0 Å². The minimum Gasteiger partial charge on any atom is -0.338 e. The maximum Gasteiger partial charge on any atom is 0.254 e. The smallest absolute Gasteiger partial charge is 0.254 e. The monoisotopic (exact) mass is 270 g/mol. The van der Waals surface area contributed by atoms with Gasteiger partial charge in [0.2, 0.25) is 0 Å². The average molecular weight is 270 g/mol. The zero-order valence-electron chi connectivity index (χ0n) is 12.3. The van der Waals surface area contributed by atoms with E-state index in [1.807, 2.05) is 30.0 Å². The van der Waals surface area contributed by atoms with Crippen molar-refractivity contribution in [1.82, 2.24) is 4.90 Å². The van der Waals surface area contributed by atoms with Crippen LogP contribution < -0.4 is 5.73 Å². The number of carbonyl (C=O) groups excluding carboxylic acids is 1. The molecule has 0 spiro atoms. The number of carbonyl (C=O) groups is 1. The molecule has 1 saturated heterocycles. The predicted molar refractivity (Wildman–Crippen MR) is 81.4 cm³/mol. The van der Waals surface area contributed by atoms with Crippen LogP contribution >= 0.6 is 0 Å². The first-order valence-corrected chi connectivity index (χ1v) is 7.20. The fraction of sp³-hybridized carbons (Fsp3) is 0.471. The number of amides is 1. The first-order chi connectivity index (χ1) is 9.61. The van der Waals surface area contributed by atoms with Gasteiger partial charge in [0.15, 0.2) is 0 Å². The highest BCUT2D eigenvalue weighted by Crippen LogP contribution is 2.20. The Morgan fingerprint density at radius 1 is 1.50 bits per heavy atom. The lowest BCUT2D eigenvalue weighted by Crippen LogP contribution is -2.39. The maximum atomic E-state index is 12.6. The Morgan fingerprint density at radius 2 is 2.30 bits per heavy atom. The van der Waals surface area contributed by atoms with Crippen LogP contribution in [-0.2, 0) is 0 Å². The van der Waals surface area contributed by atoms with Crippen molar-refractivity contribution in [2.24, 2.45) is 11.7 Å². The van der Waals surface area contributed by atoms with Gasteiger partial charge in [-0.2, -0.15) is 0 Å². The highest BCUT2D eigenvalue weighted by atomic mass is 16.2. The van der Waals surface area contributed by atoms with E-state index in [1.165, 1.54) is 6.42 Å². The van der Waals surface area contributed by atoms with Crippen molar-refractivity contribution in [3.63, 3.8) is 0 Å². The lowest BCUT2D eigenvalue weighted by atomic mass is 9.98. The third-order valence-corrected chi connectivity index (χ3v) is 3.75. The van der Waals surface area contributed by atoms with E-state index < -0.39 is 0 Å². The lowest BCUT2D eigenvalue weighted by molar-refractivity contribution is 0.0682. The normalized spacial score (nSPS) is 18.4. The molecule has 1 unspecified atom stereocenters. The molecule has 1 amide bonds. The number of hydrogen-bond acceptors (Lipinski definition) is 2. The van der Waals surface area contributed by atoms with Crippen molar-refractivity contribution in [3.05, 3.63) is 34.9 Å². The molecule has 1 fully saturated rings. The molecule has 0 aliphatic carbocycles. The topological polar surface area (TPSA) is 46.3 Å². The van der Waals surface area contributed by atoms with Gasteiger partial charge in [0.05, 0.1) is 6.54 Å². The summed E-state index contributed by atoms with van der Waals surface area (Å²) in [6.45, 7) is 6.23. The summed E-state index contributed by atoms with van der Waals surface area (Å²) >= 11 is 0. The molecular formula is C17H22N2O. The number of piperidine rings is 1. The first kappa shape index (κ1) is 14.6. The summed E-state index contributed by atoms with van der Waals surface area (Å²) in [7, 11) is 0. The maximum absolute atomic E-state index is 12.6. The number of benzene rings is 1. The van der Waals surface area contributed by atoms with E-state index in [0.29, 0.717) is 12.5 Å². The van der Waals surface area contributed by atoms with Crippen LogP contribution in [0.2, 0.25) is 0 Å². The van der Waals surface area contributed by atoms with Crippen LogP contribution in [0.3, 0.4) is 0 Å². The van der Waals surface area contributed by atoms with E-state index in [4.69, 9.17) is 5.73 Å². The molecule has 106 valence electrons. The number of aryl methyl sites for hydroxylation is 1. The second-order valence-electron chi connectivity index (χ2n) is 5.53. The molecule has 0 bridgehead atoms. The molecule has 1 aromatic rings. The summed E-state index contributed by atoms with van der Waals surface area (Å²) in [4.78, 5) is 14.6. The van der Waals surface area contributed by atoms with Gasteiger partial charge in [0.25, 0.3) is 5.91 Å². The first-order valence-electron chi connectivity index (χ1n) is 7.20. The Morgan fingerprint density at radius 3 is 3.00 bits per heavy atom. The van der Waals surface area contributed by atoms with Crippen molar-refractivity contribution in [3.8, 4) is 11.8 Å². The number of hydrogen-bond donors (Lipinski definition) is 1. The van der Waals surface area contributed by atoms with Gasteiger partial charge < -0.3 is 10.6 Å². The van der Waals surface area contributed by atoms with E-state index >= 15 is 0 Å². The van der Waals surface area contributed by atoms with E-state index in [0.717, 1.165) is 36.2 Å². The summed E-state index contributed by atoms with van der Waals surface area (Å²) in [5, 5.41) is 0. The number of nitrogens with two attached hydrogens (primary N) is 1. The molecule has 1 aromatic carbocycles. The Hall–Kier alpha value is -1.79. The van der Waals surface area contributed by atoms with Gasteiger partial charge in [-0.3, -0.25) is 4.79 Å². The Labute approximate surface area is 121 Å². The fourth-order valence-electron chi connectivity index (χ4n) is 2.63. The van der Waals surface area contributed by atoms with Crippen LogP contribution in [-0.4, -0.2) is 30.4 Å². The zero-order valence-corrected chi connectivity index (χ0v) is 12.3. The molecule has 0 aromatic heterocycles. The Kier molecular flexibility index (Phi) is 4.81. The van der Waals surface area contributed by atoms with Crippen LogP contribution in [0.1, 0.15) is 41.3 Å². The van der Waals surface area contributed by atoms with Crippen LogP contribution in [0.4, 0.5) is 0 Å². The van der Waals surface area contributed by atoms with Gasteiger partial charge in [0, 0.05) is 24.2 Å². The molecule has 1 heterocycles. The number of rotatable bonds is 1. The predicted octanol–water partition coefficient (Wildman–Crippen LogP) is 2.18. The Bertz CT molecular complexity index is 554. The second-order valence-corrected chi connectivity index (χ2v) is 5.53. The number of nitrogens with zero attached hydrogens (tertiary/aromatic N) is 1. The average Bonchev–Trinajstić information content (AvgIpc) is 2.45. The quantitative estimate of drug-likeness (QED) is 0.795. The van der Waals surface area contributed by atoms with Gasteiger partial charge in [-0.1, -0.05) is 24.8 Å². The fourth-order valence-corrected chi connectivity index (χ4v) is 2.63. The molecule has 2 rings (SSSR count). The summed E-state index contributed by atoms with van der Waals surface area (Å²) in [5.74, 6) is 6.54. The summed E-state index contributed by atoms with van der Waals surface area (Å²) in [6.07, 6.45) is 2.31. The summed E-state index contributed by atoms with van der Waals surface area (Å²) < 4.78 is 0. The minimum absolute atomic E-state index is 0.130. The molecule has 1 aliphatic heterocycles. The van der Waals surface area contributed by atoms with Crippen molar-refractivity contribution < 1.29 is 4.79 Å². The molecular weight excluding hydrogens is 248 g/mol. The van der Waals surface area contributed by atoms with Gasteiger partial charge in [-0.05, 0) is 43.4 Å². The van der Waals surface area contributed by atoms with Crippen LogP contribution in [0.5, 0.6) is 0 Å². The zero-order chi connectivity index (χ0) is 14.5. The molecule has 20 heavy (non-hydrogen) atoms. The molecule has 3 heteroatoms. The van der Waals surface area contributed by atoms with Crippen LogP contribution in [0.25, 0.3) is 0 Å². The van der Waals surface area contributed by atoms with Crippen molar-refractivity contribution in [2.75, 3.05) is 19.6 Å². The molecule has 1 atom stereocenters. The van der Waals surface area contributed by atoms with E-state index in [1.54, 1.807) is 0 Å². The van der Waals surface area contributed by atoms with Gasteiger partial charge >= 0.3 is 0 Å². The highest BCUT2D eigenvalue weighted by molar-refractivity contribution is 5.96. The third-order valence-electron chi connectivity index (χ3n) is 3.75. The standard InChI is InChI=1S/C17H22N2O/c1-13-5-4-10-19(12-13)17(20)16-11-15(6-3-9-18)8-7-14(16)2/h7-8,11,13H,4-5,9-10,12,18H2,1-2H3. The lowest BCUT2D eigenvalue weighted by Gasteiger charge is -2.31. The van der Waals surface area contributed by atoms with E-state index in [-0.39, 0.29) is 5.91 Å². The molecule has 1 aliphatic rings. The molecule has 2 N–H and O–H groups in total. The van der Waals surface area contributed by atoms with Crippen molar-refractivity contribution in [2.45, 2.75) is 26.7 Å². The molecule has 0 radical (unpaired) electrons. The largest absolute Gasteiger partial charge is 0.338 e. The second kappa shape index (κ2) is 6.58. The van der Waals surface area contributed by atoms with Crippen LogP contribution in [0.15, 0.2) is 18.2 Å². The Balaban J connectivity index is 2.24. The van der Waals surface area contributed by atoms with Gasteiger partial charge in [0.1, 0.15) is 0 Å². The molecule has 0 saturated carbocycles. The van der Waals surface area contributed by atoms with Crippen molar-refractivity contribution in [1.29, 1.82) is 0 Å². The van der Waals surface area contributed by atoms with Crippen LogP contribution in [0, 0.1) is 24.7 Å². The number of likely N-dealkylation sites (tertiary alicyclic amines) is 1. The minimum atomic E-state index is 0.130. The van der Waals surface area contributed by atoms with Gasteiger partial charge in [-0.25, -0.2) is 0 Å². The van der Waals surface area contributed by atoms with E-state index in [2.05, 4.69) is 18.8 Å².